The van der Waals surface area contributed by atoms with Gasteiger partial charge in [0.2, 0.25) is 0 Å². The fourth-order valence-electron chi connectivity index (χ4n) is 2.66. The number of aromatic nitrogens is 1. The summed E-state index contributed by atoms with van der Waals surface area (Å²) in [6, 6.07) is 4.90. The van der Waals surface area contributed by atoms with Crippen LogP contribution in [0.1, 0.15) is 16.8 Å². The molecule has 1 aromatic carbocycles. The fraction of sp³-hybridized carbons (Fsp3) is 0.235. The Kier molecular flexibility index (Phi) is 4.39. The number of halogens is 9. The van der Waals surface area contributed by atoms with Gasteiger partial charge in [0, 0.05) is 17.3 Å². The average Bonchev–Trinajstić information content (AvgIpc) is 2.58. The number of fused-ring (bicyclic) bond motifs is 1. The van der Waals surface area contributed by atoms with Crippen molar-refractivity contribution in [3.63, 3.8) is 0 Å². The van der Waals surface area contributed by atoms with E-state index in [9.17, 15) is 39.5 Å². The van der Waals surface area contributed by atoms with E-state index in [1.54, 1.807) is 0 Å². The van der Waals surface area contributed by atoms with Gasteiger partial charge >= 0.3 is 24.1 Å². The molecule has 3 rings (SSSR count). The van der Waals surface area contributed by atoms with Crippen molar-refractivity contribution >= 4 is 5.57 Å². The molecule has 2 heterocycles. The molecular weight excluding hydrogens is 405 g/mol. The Labute approximate surface area is 151 Å². The van der Waals surface area contributed by atoms with Crippen LogP contribution >= 0.6 is 0 Å². The molecule has 0 N–H and O–H groups in total. The molecule has 150 valence electrons. The first-order valence-electron chi connectivity index (χ1n) is 7.44. The van der Waals surface area contributed by atoms with Gasteiger partial charge in [-0.15, -0.1) is 0 Å². The third-order valence-corrected chi connectivity index (χ3v) is 4.00. The number of alkyl halides is 9. The second-order valence-electron chi connectivity index (χ2n) is 5.81. The van der Waals surface area contributed by atoms with Crippen molar-refractivity contribution in [2.24, 2.45) is 0 Å². The monoisotopic (exact) mass is 413 g/mol. The highest BCUT2D eigenvalue weighted by atomic mass is 19.4. The fourth-order valence-corrected chi connectivity index (χ4v) is 2.66. The van der Waals surface area contributed by atoms with Crippen molar-refractivity contribution in [2.75, 3.05) is 0 Å². The Morgan fingerprint density at radius 1 is 0.821 bits per heavy atom. The summed E-state index contributed by atoms with van der Waals surface area (Å²) in [6.07, 6.45) is -15.9. The van der Waals surface area contributed by atoms with Crippen LogP contribution in [0, 0.1) is 0 Å². The zero-order chi connectivity index (χ0) is 21.0. The zero-order valence-electron chi connectivity index (χ0n) is 13.4. The van der Waals surface area contributed by atoms with Crippen molar-refractivity contribution < 1.29 is 44.3 Å². The average molecular weight is 413 g/mol. The Balaban J connectivity index is 2.34. The summed E-state index contributed by atoms with van der Waals surface area (Å²) in [6.45, 7) is 0. The number of benzene rings is 1. The molecule has 2 nitrogen and oxygen atoms in total. The normalized spacial score (nSPS) is 16.8. The highest BCUT2D eigenvalue weighted by molar-refractivity contribution is 5.84. The minimum absolute atomic E-state index is 0.280. The van der Waals surface area contributed by atoms with Gasteiger partial charge in [0.15, 0.2) is 0 Å². The van der Waals surface area contributed by atoms with Crippen LogP contribution in [0.2, 0.25) is 0 Å². The number of ether oxygens (including phenoxy) is 1. The topological polar surface area (TPSA) is 22.1 Å². The SMILES string of the molecule is FC(F)(F)c1ccc2c(c1)C(c1ccccn1)=CC(C(F)(F)F)(C(F)(F)F)O2. The number of nitrogens with zero attached hydrogens (tertiary/aromatic N) is 1. The van der Waals surface area contributed by atoms with Crippen LogP contribution < -0.4 is 4.74 Å². The second-order valence-corrected chi connectivity index (χ2v) is 5.81. The van der Waals surface area contributed by atoms with E-state index >= 15 is 0 Å². The summed E-state index contributed by atoms with van der Waals surface area (Å²) in [5.41, 5.74) is -7.73. The van der Waals surface area contributed by atoms with Crippen LogP contribution in [0.25, 0.3) is 5.57 Å². The van der Waals surface area contributed by atoms with Crippen molar-refractivity contribution in [3.8, 4) is 5.75 Å². The van der Waals surface area contributed by atoms with Gasteiger partial charge in [0.1, 0.15) is 5.75 Å². The maximum atomic E-state index is 13.5. The maximum Gasteiger partial charge on any atom is 0.441 e. The summed E-state index contributed by atoms with van der Waals surface area (Å²) >= 11 is 0. The lowest BCUT2D eigenvalue weighted by Crippen LogP contribution is -2.60. The molecule has 0 fully saturated rings. The van der Waals surface area contributed by atoms with Crippen LogP contribution in [0.15, 0.2) is 48.7 Å². The van der Waals surface area contributed by atoms with Gasteiger partial charge in [0.05, 0.1) is 11.3 Å². The van der Waals surface area contributed by atoms with Crippen molar-refractivity contribution in [2.45, 2.75) is 24.1 Å². The second kappa shape index (κ2) is 6.14. The zero-order valence-corrected chi connectivity index (χ0v) is 13.4. The van der Waals surface area contributed by atoms with Crippen molar-refractivity contribution in [1.29, 1.82) is 0 Å². The van der Waals surface area contributed by atoms with Crippen LogP contribution in [-0.4, -0.2) is 22.9 Å². The Hall–Kier alpha value is -2.72. The minimum atomic E-state index is -5.94. The lowest BCUT2D eigenvalue weighted by Gasteiger charge is -2.39. The van der Waals surface area contributed by atoms with Gasteiger partial charge in [-0.1, -0.05) is 6.07 Å². The van der Waals surface area contributed by atoms with E-state index < -0.39 is 46.6 Å². The highest BCUT2D eigenvalue weighted by Crippen LogP contribution is 2.53. The Morgan fingerprint density at radius 3 is 1.96 bits per heavy atom. The molecule has 0 atom stereocenters. The van der Waals surface area contributed by atoms with Gasteiger partial charge in [-0.3, -0.25) is 4.98 Å². The first-order chi connectivity index (χ1) is 12.8. The third kappa shape index (κ3) is 3.18. The molecule has 0 amide bonds. The minimum Gasteiger partial charge on any atom is -0.464 e. The summed E-state index contributed by atoms with van der Waals surface area (Å²) < 4.78 is 124. The smallest absolute Gasteiger partial charge is 0.441 e. The number of rotatable bonds is 1. The Morgan fingerprint density at radius 2 is 1.46 bits per heavy atom. The molecule has 0 saturated heterocycles. The summed E-state index contributed by atoms with van der Waals surface area (Å²) in [4.78, 5) is 3.68. The Bertz CT molecular complexity index is 897. The van der Waals surface area contributed by atoms with Crippen LogP contribution in [-0.2, 0) is 6.18 Å². The molecule has 0 saturated carbocycles. The molecule has 1 aromatic heterocycles. The molecule has 28 heavy (non-hydrogen) atoms. The molecule has 0 bridgehead atoms. The molecule has 0 radical (unpaired) electrons. The molecule has 0 unspecified atom stereocenters. The van der Waals surface area contributed by atoms with Gasteiger partial charge in [0.25, 0.3) is 0 Å². The summed E-state index contributed by atoms with van der Waals surface area (Å²) in [5.74, 6) is -0.995. The number of hydrogen-bond donors (Lipinski definition) is 0. The van der Waals surface area contributed by atoms with E-state index in [1.165, 1.54) is 12.1 Å². The van der Waals surface area contributed by atoms with Gasteiger partial charge < -0.3 is 4.74 Å². The molecule has 1 aliphatic heterocycles. The lowest BCUT2D eigenvalue weighted by atomic mass is 9.88. The summed E-state index contributed by atoms with van der Waals surface area (Å²) in [7, 11) is 0. The molecular formula is C17H8F9NO. The van der Waals surface area contributed by atoms with E-state index in [0.29, 0.717) is 18.2 Å². The van der Waals surface area contributed by atoms with Crippen LogP contribution in [0.3, 0.4) is 0 Å². The van der Waals surface area contributed by atoms with Crippen molar-refractivity contribution in [1.82, 2.24) is 4.98 Å². The highest BCUT2D eigenvalue weighted by Gasteiger charge is 2.73. The quantitative estimate of drug-likeness (QED) is 0.553. The largest absolute Gasteiger partial charge is 0.464 e. The van der Waals surface area contributed by atoms with E-state index in [0.717, 1.165) is 12.3 Å². The molecule has 1 aliphatic rings. The van der Waals surface area contributed by atoms with Crippen molar-refractivity contribution in [3.05, 3.63) is 65.5 Å². The predicted octanol–water partition coefficient (Wildman–Crippen LogP) is 5.79. The van der Waals surface area contributed by atoms with E-state index in [4.69, 9.17) is 0 Å². The first-order valence-corrected chi connectivity index (χ1v) is 7.44. The molecule has 2 aromatic rings. The van der Waals surface area contributed by atoms with Crippen LogP contribution in [0.5, 0.6) is 5.75 Å². The first kappa shape index (κ1) is 20.0. The number of hydrogen-bond acceptors (Lipinski definition) is 2. The predicted molar refractivity (Wildman–Crippen MR) is 78.2 cm³/mol. The maximum absolute atomic E-state index is 13.5. The van der Waals surface area contributed by atoms with E-state index in [2.05, 4.69) is 9.72 Å². The summed E-state index contributed by atoms with van der Waals surface area (Å²) in [5, 5.41) is 0. The van der Waals surface area contributed by atoms with Crippen LogP contribution in [0.4, 0.5) is 39.5 Å². The number of pyridine rings is 1. The van der Waals surface area contributed by atoms with Gasteiger partial charge in [-0.25, -0.2) is 0 Å². The third-order valence-electron chi connectivity index (χ3n) is 4.00. The van der Waals surface area contributed by atoms with Gasteiger partial charge in [-0.05, 0) is 36.4 Å². The molecule has 11 heteroatoms. The van der Waals surface area contributed by atoms with Gasteiger partial charge in [-0.2, -0.15) is 39.5 Å². The molecule has 0 aliphatic carbocycles. The standard InChI is InChI=1S/C17H8F9NO/c18-15(19,20)9-4-5-13-10(7-9)11(12-3-1-2-6-27-12)8-14(28-13,16(21,22)23)17(24,25)26/h1-8H. The lowest BCUT2D eigenvalue weighted by molar-refractivity contribution is -0.338. The van der Waals surface area contributed by atoms with E-state index in [-0.39, 0.29) is 11.8 Å². The molecule has 0 spiro atoms. The van der Waals surface area contributed by atoms with E-state index in [1.807, 2.05) is 0 Å².